The molecular weight excluding hydrogens is 356 g/mol. The summed E-state index contributed by atoms with van der Waals surface area (Å²) >= 11 is 5.80. The van der Waals surface area contributed by atoms with Crippen LogP contribution >= 0.6 is 11.6 Å². The van der Waals surface area contributed by atoms with Crippen molar-refractivity contribution in [2.24, 2.45) is 0 Å². The zero-order valence-electron chi connectivity index (χ0n) is 14.3. The number of amides is 2. The fraction of sp³-hybridized carbons (Fsp3) is 0.263. The van der Waals surface area contributed by atoms with Gasteiger partial charge in [0, 0.05) is 24.2 Å². The number of likely N-dealkylation sites (N-methyl/N-ethyl adjacent to an activating group) is 1. The van der Waals surface area contributed by atoms with E-state index >= 15 is 0 Å². The molecule has 1 aliphatic rings. The Kier molecular flexibility index (Phi) is 5.63. The Morgan fingerprint density at radius 2 is 1.77 bits per heavy atom. The molecule has 136 valence electrons. The lowest BCUT2D eigenvalue weighted by Gasteiger charge is -2.21. The zero-order valence-corrected chi connectivity index (χ0v) is 15.1. The van der Waals surface area contributed by atoms with E-state index in [4.69, 9.17) is 21.1 Å². The molecule has 0 radical (unpaired) electrons. The minimum absolute atomic E-state index is 0.0808. The van der Waals surface area contributed by atoms with Crippen LogP contribution in [-0.2, 0) is 11.3 Å². The van der Waals surface area contributed by atoms with Gasteiger partial charge in [0.2, 0.25) is 5.91 Å². The van der Waals surface area contributed by atoms with E-state index in [1.54, 1.807) is 36.2 Å². The fourth-order valence-corrected chi connectivity index (χ4v) is 2.67. The van der Waals surface area contributed by atoms with E-state index in [1.807, 2.05) is 18.2 Å². The monoisotopic (exact) mass is 374 g/mol. The second-order valence-corrected chi connectivity index (χ2v) is 6.35. The van der Waals surface area contributed by atoms with Crippen molar-refractivity contribution in [2.75, 3.05) is 26.8 Å². The van der Waals surface area contributed by atoms with E-state index in [0.717, 1.165) is 5.56 Å². The standard InChI is InChI=1S/C19H19ClN2O4/c1-22(12-13-2-7-16-17(10-13)26-9-8-25-16)18(23)11-21-19(24)14-3-5-15(20)6-4-14/h2-7,10H,8-9,11-12H2,1H3,(H,21,24). The van der Waals surface area contributed by atoms with Gasteiger partial charge in [-0.3, -0.25) is 9.59 Å². The van der Waals surface area contributed by atoms with Crippen LogP contribution in [0.4, 0.5) is 0 Å². The average molecular weight is 375 g/mol. The molecule has 0 saturated carbocycles. The number of ether oxygens (including phenoxy) is 2. The highest BCUT2D eigenvalue weighted by atomic mass is 35.5. The molecule has 26 heavy (non-hydrogen) atoms. The number of carbonyl (C=O) groups is 2. The summed E-state index contributed by atoms with van der Waals surface area (Å²) in [6.07, 6.45) is 0. The maximum atomic E-state index is 12.3. The number of benzene rings is 2. The number of nitrogens with zero attached hydrogens (tertiary/aromatic N) is 1. The molecule has 1 heterocycles. The molecule has 0 bridgehead atoms. The van der Waals surface area contributed by atoms with Crippen LogP contribution in [0.25, 0.3) is 0 Å². The first-order chi connectivity index (χ1) is 12.5. The normalized spacial score (nSPS) is 12.4. The van der Waals surface area contributed by atoms with E-state index in [-0.39, 0.29) is 18.4 Å². The van der Waals surface area contributed by atoms with Crippen LogP contribution < -0.4 is 14.8 Å². The number of halogens is 1. The van der Waals surface area contributed by atoms with Crippen molar-refractivity contribution in [3.05, 3.63) is 58.6 Å². The first-order valence-corrected chi connectivity index (χ1v) is 8.57. The predicted octanol–water partition coefficient (Wildman–Crippen LogP) is 2.50. The summed E-state index contributed by atoms with van der Waals surface area (Å²) in [5.41, 5.74) is 1.38. The first-order valence-electron chi connectivity index (χ1n) is 8.19. The number of rotatable bonds is 5. The van der Waals surface area contributed by atoms with E-state index in [9.17, 15) is 9.59 Å². The molecule has 2 amide bonds. The first kappa shape index (κ1) is 18.1. The highest BCUT2D eigenvalue weighted by molar-refractivity contribution is 6.30. The maximum absolute atomic E-state index is 12.3. The van der Waals surface area contributed by atoms with E-state index in [2.05, 4.69) is 5.32 Å². The molecule has 0 aromatic heterocycles. The van der Waals surface area contributed by atoms with Crippen molar-refractivity contribution in [3.8, 4) is 11.5 Å². The minimum atomic E-state index is -0.317. The summed E-state index contributed by atoms with van der Waals surface area (Å²) in [5.74, 6) is 0.889. The predicted molar refractivity (Wildman–Crippen MR) is 97.7 cm³/mol. The molecule has 7 heteroatoms. The van der Waals surface area contributed by atoms with Crippen LogP contribution in [0.15, 0.2) is 42.5 Å². The molecule has 2 aromatic carbocycles. The highest BCUT2D eigenvalue weighted by Crippen LogP contribution is 2.31. The molecule has 0 fully saturated rings. The quantitative estimate of drug-likeness (QED) is 0.873. The second kappa shape index (κ2) is 8.10. The van der Waals surface area contributed by atoms with Gasteiger partial charge in [0.15, 0.2) is 11.5 Å². The third-order valence-electron chi connectivity index (χ3n) is 3.96. The Hall–Kier alpha value is -2.73. The molecule has 1 aliphatic heterocycles. The number of nitrogens with one attached hydrogen (secondary N) is 1. The van der Waals surface area contributed by atoms with Gasteiger partial charge in [-0.1, -0.05) is 17.7 Å². The van der Waals surface area contributed by atoms with Crippen LogP contribution in [0.1, 0.15) is 15.9 Å². The molecule has 2 aromatic rings. The Labute approximate surface area is 156 Å². The highest BCUT2D eigenvalue weighted by Gasteiger charge is 2.15. The maximum Gasteiger partial charge on any atom is 0.251 e. The van der Waals surface area contributed by atoms with E-state index < -0.39 is 0 Å². The van der Waals surface area contributed by atoms with Gasteiger partial charge in [0.25, 0.3) is 5.91 Å². The Balaban J connectivity index is 1.53. The molecule has 0 aliphatic carbocycles. The van der Waals surface area contributed by atoms with Crippen molar-refractivity contribution < 1.29 is 19.1 Å². The summed E-state index contributed by atoms with van der Waals surface area (Å²) < 4.78 is 11.0. The van der Waals surface area contributed by atoms with Gasteiger partial charge in [-0.05, 0) is 42.0 Å². The van der Waals surface area contributed by atoms with Gasteiger partial charge < -0.3 is 19.7 Å². The number of fused-ring (bicyclic) bond motifs is 1. The minimum Gasteiger partial charge on any atom is -0.486 e. The van der Waals surface area contributed by atoms with E-state index in [1.165, 1.54) is 0 Å². The smallest absolute Gasteiger partial charge is 0.251 e. The summed E-state index contributed by atoms with van der Waals surface area (Å²) in [6, 6.07) is 12.1. The summed E-state index contributed by atoms with van der Waals surface area (Å²) in [5, 5.41) is 3.17. The average Bonchev–Trinajstić information content (AvgIpc) is 2.66. The number of carbonyl (C=O) groups excluding carboxylic acids is 2. The van der Waals surface area contributed by atoms with Gasteiger partial charge in [-0.25, -0.2) is 0 Å². The second-order valence-electron chi connectivity index (χ2n) is 5.92. The van der Waals surface area contributed by atoms with Gasteiger partial charge in [-0.2, -0.15) is 0 Å². The Bertz CT molecular complexity index is 808. The Morgan fingerprint density at radius 1 is 1.08 bits per heavy atom. The third-order valence-corrected chi connectivity index (χ3v) is 4.21. The van der Waals surface area contributed by atoms with Gasteiger partial charge >= 0.3 is 0 Å². The van der Waals surface area contributed by atoms with Crippen LogP contribution in [0.2, 0.25) is 5.02 Å². The van der Waals surface area contributed by atoms with Gasteiger partial charge in [0.05, 0.1) is 6.54 Å². The lowest BCUT2D eigenvalue weighted by Crippen LogP contribution is -2.37. The number of hydrogen-bond donors (Lipinski definition) is 1. The third kappa shape index (κ3) is 4.46. The zero-order chi connectivity index (χ0) is 18.5. The summed E-state index contributed by atoms with van der Waals surface area (Å²) in [7, 11) is 1.69. The molecule has 0 unspecified atom stereocenters. The van der Waals surface area contributed by atoms with Crippen LogP contribution in [-0.4, -0.2) is 43.5 Å². The summed E-state index contributed by atoms with van der Waals surface area (Å²) in [4.78, 5) is 25.9. The molecule has 0 spiro atoms. The van der Waals surface area contributed by atoms with Crippen molar-refractivity contribution >= 4 is 23.4 Å². The van der Waals surface area contributed by atoms with Crippen molar-refractivity contribution in [2.45, 2.75) is 6.54 Å². The van der Waals surface area contributed by atoms with Gasteiger partial charge in [0.1, 0.15) is 13.2 Å². The molecule has 6 nitrogen and oxygen atoms in total. The van der Waals surface area contributed by atoms with Crippen LogP contribution in [0.3, 0.4) is 0 Å². The number of hydrogen-bond acceptors (Lipinski definition) is 4. The molecule has 3 rings (SSSR count). The topological polar surface area (TPSA) is 67.9 Å². The molecule has 0 saturated heterocycles. The molecular formula is C19H19ClN2O4. The lowest BCUT2D eigenvalue weighted by molar-refractivity contribution is -0.129. The van der Waals surface area contributed by atoms with Crippen LogP contribution in [0.5, 0.6) is 11.5 Å². The van der Waals surface area contributed by atoms with Crippen molar-refractivity contribution in [1.29, 1.82) is 0 Å². The molecule has 1 N–H and O–H groups in total. The largest absolute Gasteiger partial charge is 0.486 e. The Morgan fingerprint density at radius 3 is 2.50 bits per heavy atom. The van der Waals surface area contributed by atoms with Gasteiger partial charge in [-0.15, -0.1) is 0 Å². The van der Waals surface area contributed by atoms with Crippen molar-refractivity contribution in [3.63, 3.8) is 0 Å². The summed E-state index contributed by atoms with van der Waals surface area (Å²) in [6.45, 7) is 1.38. The molecule has 0 atom stereocenters. The van der Waals surface area contributed by atoms with E-state index in [0.29, 0.717) is 41.8 Å². The fourth-order valence-electron chi connectivity index (χ4n) is 2.54. The lowest BCUT2D eigenvalue weighted by atomic mass is 10.2. The van der Waals surface area contributed by atoms with Crippen molar-refractivity contribution in [1.82, 2.24) is 10.2 Å². The van der Waals surface area contributed by atoms with Crippen LogP contribution in [0, 0.1) is 0 Å². The SMILES string of the molecule is CN(Cc1ccc2c(c1)OCCO2)C(=O)CNC(=O)c1ccc(Cl)cc1.